The Bertz CT molecular complexity index is 837. The molecule has 1 saturated heterocycles. The van der Waals surface area contributed by atoms with Crippen LogP contribution in [0.1, 0.15) is 12.8 Å². The van der Waals surface area contributed by atoms with Crippen LogP contribution in [0.2, 0.25) is 0 Å². The summed E-state index contributed by atoms with van der Waals surface area (Å²) in [7, 11) is 0. The molecule has 0 spiro atoms. The quantitative estimate of drug-likeness (QED) is 0.770. The van der Waals surface area contributed by atoms with E-state index in [9.17, 15) is 4.79 Å². The number of rotatable bonds is 3. The van der Waals surface area contributed by atoms with Gasteiger partial charge in [0.1, 0.15) is 23.4 Å². The maximum atomic E-state index is 12.2. The summed E-state index contributed by atoms with van der Waals surface area (Å²) in [5.74, 6) is -0.119. The van der Waals surface area contributed by atoms with Crippen LogP contribution in [-0.4, -0.2) is 39.1 Å². The highest BCUT2D eigenvalue weighted by Crippen LogP contribution is 2.28. The van der Waals surface area contributed by atoms with Crippen molar-refractivity contribution in [3.63, 3.8) is 0 Å². The summed E-state index contributed by atoms with van der Waals surface area (Å²) in [5, 5.41) is 6.27. The number of carbonyl (C=O) groups excluding carboxylic acids is 1. The highest BCUT2D eigenvalue weighted by atomic mass is 32.1. The van der Waals surface area contributed by atoms with Crippen molar-refractivity contribution in [1.82, 2.24) is 19.9 Å². The first-order valence-corrected chi connectivity index (χ1v) is 8.32. The minimum Gasteiger partial charge on any atom is -0.381 e. The Balaban J connectivity index is 1.55. The fourth-order valence-electron chi connectivity index (χ4n) is 2.67. The van der Waals surface area contributed by atoms with Gasteiger partial charge < -0.3 is 15.0 Å². The van der Waals surface area contributed by atoms with Crippen LogP contribution in [0.15, 0.2) is 24.0 Å². The molecule has 4 heterocycles. The predicted molar refractivity (Wildman–Crippen MR) is 87.2 cm³/mol. The van der Waals surface area contributed by atoms with Crippen LogP contribution < -0.4 is 5.32 Å². The summed E-state index contributed by atoms with van der Waals surface area (Å²) in [6.07, 6.45) is 5.11. The van der Waals surface area contributed by atoms with Crippen molar-refractivity contribution in [2.75, 3.05) is 18.5 Å². The number of thiazole rings is 1. The monoisotopic (exact) mass is 329 g/mol. The van der Waals surface area contributed by atoms with Crippen molar-refractivity contribution in [2.45, 2.75) is 12.8 Å². The van der Waals surface area contributed by atoms with Gasteiger partial charge in [0.15, 0.2) is 5.13 Å². The zero-order valence-electron chi connectivity index (χ0n) is 12.3. The molecule has 1 aliphatic heterocycles. The van der Waals surface area contributed by atoms with Crippen LogP contribution in [0.3, 0.4) is 0 Å². The van der Waals surface area contributed by atoms with E-state index in [0.717, 1.165) is 41.9 Å². The Morgan fingerprint density at radius 3 is 3.26 bits per heavy atom. The van der Waals surface area contributed by atoms with E-state index in [4.69, 9.17) is 4.74 Å². The smallest absolute Gasteiger partial charge is 0.231 e. The van der Waals surface area contributed by atoms with E-state index in [0.29, 0.717) is 11.7 Å². The molecule has 3 aromatic rings. The largest absolute Gasteiger partial charge is 0.381 e. The van der Waals surface area contributed by atoms with Gasteiger partial charge in [-0.05, 0) is 18.9 Å². The van der Waals surface area contributed by atoms with Crippen LogP contribution in [0.4, 0.5) is 5.13 Å². The van der Waals surface area contributed by atoms with Gasteiger partial charge in [-0.1, -0.05) is 0 Å². The normalized spacial score (nSPS) is 18.2. The lowest BCUT2D eigenvalue weighted by molar-refractivity contribution is -0.123. The number of anilines is 1. The molecule has 4 rings (SSSR count). The van der Waals surface area contributed by atoms with E-state index < -0.39 is 0 Å². The van der Waals surface area contributed by atoms with Gasteiger partial charge in [-0.25, -0.2) is 15.0 Å². The summed E-state index contributed by atoms with van der Waals surface area (Å²) in [6.45, 7) is 1.23. The SMILES string of the molecule is O=C(Nc1nc(-c2ncnc3[nH]ccc23)cs1)C1CCCOC1. The molecule has 1 atom stereocenters. The van der Waals surface area contributed by atoms with E-state index in [1.165, 1.54) is 17.7 Å². The van der Waals surface area contributed by atoms with E-state index in [-0.39, 0.29) is 11.8 Å². The van der Waals surface area contributed by atoms with E-state index in [1.54, 1.807) is 0 Å². The second-order valence-electron chi connectivity index (χ2n) is 5.40. The van der Waals surface area contributed by atoms with Crippen LogP contribution in [0.5, 0.6) is 0 Å². The molecule has 0 bridgehead atoms. The van der Waals surface area contributed by atoms with Crippen molar-refractivity contribution < 1.29 is 9.53 Å². The van der Waals surface area contributed by atoms with Crippen molar-refractivity contribution in [1.29, 1.82) is 0 Å². The molecule has 0 aromatic carbocycles. The van der Waals surface area contributed by atoms with Gasteiger partial charge in [0.2, 0.25) is 5.91 Å². The maximum absolute atomic E-state index is 12.2. The molecule has 1 unspecified atom stereocenters. The third kappa shape index (κ3) is 2.82. The van der Waals surface area contributed by atoms with Crippen molar-refractivity contribution in [2.24, 2.45) is 5.92 Å². The summed E-state index contributed by atoms with van der Waals surface area (Å²) < 4.78 is 5.36. The topological polar surface area (TPSA) is 92.8 Å². The van der Waals surface area contributed by atoms with Gasteiger partial charge in [-0.15, -0.1) is 11.3 Å². The third-order valence-corrected chi connectivity index (χ3v) is 4.62. The van der Waals surface area contributed by atoms with Crippen LogP contribution in [0, 0.1) is 5.92 Å². The summed E-state index contributed by atoms with van der Waals surface area (Å²) in [6, 6.07) is 1.92. The highest BCUT2D eigenvalue weighted by Gasteiger charge is 2.22. The Morgan fingerprint density at radius 2 is 2.39 bits per heavy atom. The summed E-state index contributed by atoms with van der Waals surface area (Å²) >= 11 is 1.39. The minimum atomic E-state index is -0.0912. The van der Waals surface area contributed by atoms with Crippen molar-refractivity contribution >= 4 is 33.4 Å². The fourth-order valence-corrected chi connectivity index (χ4v) is 3.37. The molecular weight excluding hydrogens is 314 g/mol. The molecular formula is C15H15N5O2S. The first-order chi connectivity index (χ1) is 11.3. The molecule has 8 heteroatoms. The van der Waals surface area contributed by atoms with Crippen molar-refractivity contribution in [3.8, 4) is 11.4 Å². The number of ether oxygens (including phenoxy) is 1. The number of nitrogens with zero attached hydrogens (tertiary/aromatic N) is 3. The number of fused-ring (bicyclic) bond motifs is 1. The number of hydrogen-bond acceptors (Lipinski definition) is 6. The average molecular weight is 329 g/mol. The van der Waals surface area contributed by atoms with E-state index in [1.807, 2.05) is 17.6 Å². The molecule has 0 radical (unpaired) electrons. The summed E-state index contributed by atoms with van der Waals surface area (Å²) in [5.41, 5.74) is 2.26. The van der Waals surface area contributed by atoms with Crippen molar-refractivity contribution in [3.05, 3.63) is 24.0 Å². The van der Waals surface area contributed by atoms with E-state index in [2.05, 4.69) is 25.3 Å². The number of hydrogen-bond donors (Lipinski definition) is 2. The number of aromatic nitrogens is 4. The Kier molecular flexibility index (Phi) is 3.76. The van der Waals surface area contributed by atoms with Gasteiger partial charge in [0.25, 0.3) is 0 Å². The molecule has 118 valence electrons. The maximum Gasteiger partial charge on any atom is 0.231 e. The lowest BCUT2D eigenvalue weighted by Gasteiger charge is -2.20. The standard InChI is InChI=1S/C15H15N5O2S/c21-14(9-2-1-5-22-6-9)20-15-19-11(7-23-15)12-10-3-4-16-13(10)18-8-17-12/h3-4,7-9H,1-2,5-6H2,(H,16,17,18)(H,19,20,21). The molecule has 23 heavy (non-hydrogen) atoms. The Hall–Kier alpha value is -2.32. The first kappa shape index (κ1) is 14.3. The number of H-pyrrole nitrogens is 1. The molecule has 0 aliphatic carbocycles. The Morgan fingerprint density at radius 1 is 1.43 bits per heavy atom. The predicted octanol–water partition coefficient (Wildman–Crippen LogP) is 2.45. The molecule has 2 N–H and O–H groups in total. The number of nitrogens with one attached hydrogen (secondary N) is 2. The first-order valence-electron chi connectivity index (χ1n) is 7.44. The van der Waals surface area contributed by atoms with Gasteiger partial charge in [-0.2, -0.15) is 0 Å². The number of aromatic amines is 1. The molecule has 1 amide bonds. The van der Waals surface area contributed by atoms with Gasteiger partial charge in [0, 0.05) is 23.6 Å². The van der Waals surface area contributed by atoms with Crippen LogP contribution in [-0.2, 0) is 9.53 Å². The molecule has 1 fully saturated rings. The van der Waals surface area contributed by atoms with Crippen LogP contribution in [0.25, 0.3) is 22.4 Å². The zero-order chi connectivity index (χ0) is 15.6. The number of carbonyl (C=O) groups is 1. The second kappa shape index (κ2) is 6.05. The summed E-state index contributed by atoms with van der Waals surface area (Å²) in [4.78, 5) is 28.2. The highest BCUT2D eigenvalue weighted by molar-refractivity contribution is 7.14. The average Bonchev–Trinajstić information content (AvgIpc) is 3.24. The Labute approximate surface area is 136 Å². The van der Waals surface area contributed by atoms with Gasteiger partial charge >= 0.3 is 0 Å². The molecule has 0 saturated carbocycles. The lowest BCUT2D eigenvalue weighted by atomic mass is 10.0. The minimum absolute atomic E-state index is 0.0277. The second-order valence-corrected chi connectivity index (χ2v) is 6.26. The van der Waals surface area contributed by atoms with Gasteiger partial charge in [0.05, 0.1) is 12.5 Å². The fraction of sp³-hybridized carbons (Fsp3) is 0.333. The molecule has 3 aromatic heterocycles. The van der Waals surface area contributed by atoms with Gasteiger partial charge in [-0.3, -0.25) is 4.79 Å². The third-order valence-electron chi connectivity index (χ3n) is 3.86. The zero-order valence-corrected chi connectivity index (χ0v) is 13.1. The van der Waals surface area contributed by atoms with Crippen LogP contribution >= 0.6 is 11.3 Å². The van der Waals surface area contributed by atoms with E-state index >= 15 is 0 Å². The molecule has 1 aliphatic rings. The number of amides is 1. The molecule has 7 nitrogen and oxygen atoms in total. The lowest BCUT2D eigenvalue weighted by Crippen LogP contribution is -2.30.